The molecule has 2 rings (SSSR count). The Labute approximate surface area is 100 Å². The van der Waals surface area contributed by atoms with Crippen LogP contribution in [0.1, 0.15) is 10.4 Å². The lowest BCUT2D eigenvalue weighted by Crippen LogP contribution is -2.25. The Morgan fingerprint density at radius 3 is 2.50 bits per heavy atom. The monoisotopic (exact) mass is 247 g/mol. The van der Waals surface area contributed by atoms with Crippen LogP contribution in [0, 0.1) is 0 Å². The smallest absolute Gasteiger partial charge is 0.287 e. The van der Waals surface area contributed by atoms with Crippen molar-refractivity contribution in [1.82, 2.24) is 0 Å². The first kappa shape index (κ1) is 12.0. The third-order valence-electron chi connectivity index (χ3n) is 2.46. The fourth-order valence-electron chi connectivity index (χ4n) is 1.61. The molecule has 0 unspecified atom stereocenters. The molecule has 0 aromatic heterocycles. The van der Waals surface area contributed by atoms with Gasteiger partial charge in [0.2, 0.25) is 5.78 Å². The standard InChI is InChI=1S/C12H7F2N3O/c13-12(14,16-17-15)11(18)10-6-5-8-3-1-2-4-9(8)7-10/h1-7H. The van der Waals surface area contributed by atoms with Crippen molar-refractivity contribution in [3.63, 3.8) is 0 Å². The Kier molecular flexibility index (Phi) is 2.95. The summed E-state index contributed by atoms with van der Waals surface area (Å²) in [6.07, 6.45) is 0. The van der Waals surface area contributed by atoms with Crippen LogP contribution in [0.5, 0.6) is 0 Å². The lowest BCUT2D eigenvalue weighted by molar-refractivity contribution is 0.0148. The Morgan fingerprint density at radius 2 is 1.83 bits per heavy atom. The third-order valence-corrected chi connectivity index (χ3v) is 2.46. The number of hydrogen-bond donors (Lipinski definition) is 0. The molecule has 0 bridgehead atoms. The number of carbonyl (C=O) groups excluding carboxylic acids is 1. The van der Waals surface area contributed by atoms with E-state index in [0.717, 1.165) is 5.39 Å². The van der Waals surface area contributed by atoms with E-state index in [1.54, 1.807) is 30.3 Å². The van der Waals surface area contributed by atoms with Gasteiger partial charge in [-0.05, 0) is 27.5 Å². The second kappa shape index (κ2) is 4.43. The quantitative estimate of drug-likeness (QED) is 0.266. The predicted octanol–water partition coefficient (Wildman–Crippen LogP) is 3.93. The summed E-state index contributed by atoms with van der Waals surface area (Å²) in [6, 6.07) is 7.18. The van der Waals surface area contributed by atoms with Gasteiger partial charge in [0.25, 0.3) is 0 Å². The van der Waals surface area contributed by atoms with E-state index in [1.165, 1.54) is 12.1 Å². The first-order valence-corrected chi connectivity index (χ1v) is 5.02. The van der Waals surface area contributed by atoms with E-state index < -0.39 is 11.8 Å². The molecule has 90 valence electrons. The van der Waals surface area contributed by atoms with Gasteiger partial charge in [-0.1, -0.05) is 36.4 Å². The van der Waals surface area contributed by atoms with Crippen molar-refractivity contribution >= 4 is 16.6 Å². The first-order chi connectivity index (χ1) is 8.54. The highest BCUT2D eigenvalue weighted by atomic mass is 19.3. The minimum absolute atomic E-state index is 0.189. The van der Waals surface area contributed by atoms with Crippen LogP contribution in [0.4, 0.5) is 8.78 Å². The van der Waals surface area contributed by atoms with Crippen molar-refractivity contribution < 1.29 is 13.6 Å². The maximum atomic E-state index is 13.1. The van der Waals surface area contributed by atoms with Crippen molar-refractivity contribution in [3.8, 4) is 0 Å². The molecule has 0 atom stereocenters. The zero-order valence-corrected chi connectivity index (χ0v) is 9.05. The first-order valence-electron chi connectivity index (χ1n) is 5.02. The number of azide groups is 1. The van der Waals surface area contributed by atoms with Gasteiger partial charge in [0.1, 0.15) is 0 Å². The van der Waals surface area contributed by atoms with E-state index in [0.29, 0.717) is 5.39 Å². The fourth-order valence-corrected chi connectivity index (χ4v) is 1.61. The van der Waals surface area contributed by atoms with Crippen LogP contribution in [0.25, 0.3) is 21.2 Å². The molecule has 0 aliphatic carbocycles. The minimum Gasteiger partial charge on any atom is -0.287 e. The molecule has 0 spiro atoms. The van der Waals surface area contributed by atoms with Gasteiger partial charge in [0.05, 0.1) is 0 Å². The molecule has 0 fully saturated rings. The van der Waals surface area contributed by atoms with Gasteiger partial charge < -0.3 is 0 Å². The van der Waals surface area contributed by atoms with Crippen LogP contribution in [-0.2, 0) is 0 Å². The van der Waals surface area contributed by atoms with Gasteiger partial charge in [0, 0.05) is 10.5 Å². The summed E-state index contributed by atoms with van der Waals surface area (Å²) < 4.78 is 26.3. The summed E-state index contributed by atoms with van der Waals surface area (Å²) >= 11 is 0. The van der Waals surface area contributed by atoms with E-state index in [9.17, 15) is 13.6 Å². The number of carbonyl (C=O) groups is 1. The van der Waals surface area contributed by atoms with Gasteiger partial charge in [0.15, 0.2) is 0 Å². The molecule has 0 saturated heterocycles. The molecule has 0 heterocycles. The summed E-state index contributed by atoms with van der Waals surface area (Å²) in [5.74, 6) is -1.51. The maximum absolute atomic E-state index is 13.1. The van der Waals surface area contributed by atoms with Crippen molar-refractivity contribution in [1.29, 1.82) is 0 Å². The third kappa shape index (κ3) is 2.14. The fraction of sp³-hybridized carbons (Fsp3) is 0.0833. The summed E-state index contributed by atoms with van der Waals surface area (Å²) in [7, 11) is 0. The molecular weight excluding hydrogens is 240 g/mol. The molecule has 0 aliphatic heterocycles. The number of alkyl halides is 2. The second-order valence-electron chi connectivity index (χ2n) is 3.62. The molecule has 0 amide bonds. The maximum Gasteiger partial charge on any atom is 0.387 e. The molecule has 18 heavy (non-hydrogen) atoms. The van der Waals surface area contributed by atoms with Gasteiger partial charge in [-0.2, -0.15) is 8.78 Å². The summed E-state index contributed by atoms with van der Waals surface area (Å²) in [4.78, 5) is 13.5. The SMILES string of the molecule is [N-]=[N+]=NC(F)(F)C(=O)c1ccc2ccccc2c1. The topological polar surface area (TPSA) is 65.8 Å². The van der Waals surface area contributed by atoms with Crippen molar-refractivity contribution in [2.24, 2.45) is 5.11 Å². The van der Waals surface area contributed by atoms with Crippen LogP contribution < -0.4 is 0 Å². The predicted molar refractivity (Wildman–Crippen MR) is 62.4 cm³/mol. The Bertz CT molecular complexity index is 663. The molecule has 0 N–H and O–H groups in total. The van der Waals surface area contributed by atoms with Crippen LogP contribution in [0.2, 0.25) is 0 Å². The summed E-state index contributed by atoms with van der Waals surface area (Å²) in [6.45, 7) is 0. The second-order valence-corrected chi connectivity index (χ2v) is 3.62. The number of ketones is 1. The molecule has 6 heteroatoms. The zero-order valence-electron chi connectivity index (χ0n) is 9.05. The molecule has 0 radical (unpaired) electrons. The molecule has 2 aromatic rings. The van der Waals surface area contributed by atoms with Crippen LogP contribution >= 0.6 is 0 Å². The molecule has 0 saturated carbocycles. The van der Waals surface area contributed by atoms with Gasteiger partial charge in [-0.25, -0.2) is 0 Å². The average Bonchev–Trinajstić information content (AvgIpc) is 2.37. The van der Waals surface area contributed by atoms with Gasteiger partial charge in [-0.3, -0.25) is 4.79 Å². The Balaban J connectivity index is 2.49. The highest BCUT2D eigenvalue weighted by Crippen LogP contribution is 2.24. The number of hydrogen-bond acceptors (Lipinski definition) is 2. The molecule has 2 aromatic carbocycles. The van der Waals surface area contributed by atoms with Crippen LogP contribution in [-0.4, -0.2) is 11.8 Å². The number of halogens is 2. The normalized spacial score (nSPS) is 11.0. The lowest BCUT2D eigenvalue weighted by atomic mass is 10.0. The average molecular weight is 247 g/mol. The Morgan fingerprint density at radius 1 is 1.17 bits per heavy atom. The number of benzene rings is 2. The zero-order chi connectivity index (χ0) is 13.2. The molecular formula is C12H7F2N3O. The Hall–Kier alpha value is -2.46. The highest BCUT2D eigenvalue weighted by Gasteiger charge is 2.38. The van der Waals surface area contributed by atoms with E-state index in [-0.39, 0.29) is 5.56 Å². The van der Waals surface area contributed by atoms with Crippen LogP contribution in [0.3, 0.4) is 0 Å². The largest absolute Gasteiger partial charge is 0.387 e. The van der Waals surface area contributed by atoms with Crippen molar-refractivity contribution in [3.05, 3.63) is 58.5 Å². The number of rotatable bonds is 3. The summed E-state index contributed by atoms with van der Waals surface area (Å²) in [5.41, 5.74) is 7.81. The molecule has 0 aliphatic rings. The van der Waals surface area contributed by atoms with Gasteiger partial charge >= 0.3 is 6.05 Å². The van der Waals surface area contributed by atoms with E-state index in [4.69, 9.17) is 5.53 Å². The number of fused-ring (bicyclic) bond motifs is 1. The van der Waals surface area contributed by atoms with Crippen molar-refractivity contribution in [2.75, 3.05) is 0 Å². The van der Waals surface area contributed by atoms with Crippen molar-refractivity contribution in [2.45, 2.75) is 6.05 Å². The number of Topliss-reactive ketones (excluding diaryl/α,β-unsaturated/α-hetero) is 1. The highest BCUT2D eigenvalue weighted by molar-refractivity contribution is 6.03. The minimum atomic E-state index is -4.06. The lowest BCUT2D eigenvalue weighted by Gasteiger charge is -2.08. The summed E-state index contributed by atoms with van der Waals surface area (Å²) in [5, 5.41) is 3.71. The van der Waals surface area contributed by atoms with Crippen LogP contribution in [0.15, 0.2) is 47.6 Å². The van der Waals surface area contributed by atoms with E-state index >= 15 is 0 Å². The van der Waals surface area contributed by atoms with Gasteiger partial charge in [-0.15, -0.1) is 0 Å². The molecule has 4 nitrogen and oxygen atoms in total. The van der Waals surface area contributed by atoms with E-state index in [2.05, 4.69) is 5.11 Å². The number of nitrogens with zero attached hydrogens (tertiary/aromatic N) is 3. The van der Waals surface area contributed by atoms with E-state index in [1.807, 2.05) is 4.91 Å².